The van der Waals surface area contributed by atoms with Crippen LogP contribution in [0, 0.1) is 24.2 Å². The molecule has 5 nitrogen and oxygen atoms in total. The van der Waals surface area contributed by atoms with E-state index in [9.17, 15) is 9.59 Å². The van der Waals surface area contributed by atoms with E-state index in [1.165, 1.54) is 7.11 Å². The average Bonchev–Trinajstić information content (AvgIpc) is 2.46. The fourth-order valence-electron chi connectivity index (χ4n) is 2.49. The van der Waals surface area contributed by atoms with Gasteiger partial charge >= 0.3 is 12.0 Å². The predicted octanol–water partition coefficient (Wildman–Crippen LogP) is 1.63. The molecule has 2 amide bonds. The van der Waals surface area contributed by atoms with Crippen LogP contribution in [0.4, 0.5) is 4.79 Å². The summed E-state index contributed by atoms with van der Waals surface area (Å²) in [5, 5.41) is 2.89. The number of nitrogens with one attached hydrogen (secondary N) is 1. The highest BCUT2D eigenvalue weighted by atomic mass is 16.5. The number of hydrogen-bond donors (Lipinski definition) is 1. The standard InChI is InChI=1S/C15H24N2O3/c1-4-5-6-7-9-16-15(19)17-10-8-13(12(2)11-17)14(18)20-3/h1,12-13H,5-11H2,2-3H3,(H,16,19)/t12-,13-/m0/s1. The van der Waals surface area contributed by atoms with Crippen LogP contribution in [0.5, 0.6) is 0 Å². The van der Waals surface area contributed by atoms with Gasteiger partial charge in [-0.15, -0.1) is 12.3 Å². The number of likely N-dealkylation sites (tertiary alicyclic amines) is 1. The normalized spacial score (nSPS) is 21.9. The van der Waals surface area contributed by atoms with E-state index in [1.807, 2.05) is 6.92 Å². The number of methoxy groups -OCH3 is 1. The Morgan fingerprint density at radius 3 is 2.80 bits per heavy atom. The molecule has 0 spiro atoms. The third kappa shape index (κ3) is 4.76. The summed E-state index contributed by atoms with van der Waals surface area (Å²) in [5.74, 6) is 2.44. The van der Waals surface area contributed by atoms with Gasteiger partial charge in [0.1, 0.15) is 0 Å². The maximum Gasteiger partial charge on any atom is 0.317 e. The van der Waals surface area contributed by atoms with Crippen LogP contribution in [0.3, 0.4) is 0 Å². The van der Waals surface area contributed by atoms with E-state index in [0.29, 0.717) is 26.1 Å². The van der Waals surface area contributed by atoms with Crippen molar-refractivity contribution in [2.45, 2.75) is 32.6 Å². The highest BCUT2D eigenvalue weighted by Gasteiger charge is 2.33. The van der Waals surface area contributed by atoms with Crippen molar-refractivity contribution >= 4 is 12.0 Å². The van der Waals surface area contributed by atoms with Gasteiger partial charge in [-0.1, -0.05) is 6.92 Å². The minimum absolute atomic E-state index is 0.0547. The highest BCUT2D eigenvalue weighted by molar-refractivity contribution is 5.76. The summed E-state index contributed by atoms with van der Waals surface area (Å²) >= 11 is 0. The summed E-state index contributed by atoms with van der Waals surface area (Å²) in [6.07, 6.45) is 8.40. The van der Waals surface area contributed by atoms with Gasteiger partial charge in [0.2, 0.25) is 0 Å². The lowest BCUT2D eigenvalue weighted by atomic mass is 9.87. The molecular weight excluding hydrogens is 256 g/mol. The number of ether oxygens (including phenoxy) is 1. The Morgan fingerprint density at radius 2 is 2.20 bits per heavy atom. The molecule has 0 unspecified atom stereocenters. The number of nitrogens with zero attached hydrogens (tertiary/aromatic N) is 1. The predicted molar refractivity (Wildman–Crippen MR) is 76.9 cm³/mol. The third-order valence-corrected chi connectivity index (χ3v) is 3.72. The fraction of sp³-hybridized carbons (Fsp3) is 0.733. The lowest BCUT2D eigenvalue weighted by Crippen LogP contribution is -2.49. The number of piperidine rings is 1. The number of esters is 1. The number of hydrogen-bond acceptors (Lipinski definition) is 3. The van der Waals surface area contributed by atoms with Crippen LogP contribution in [-0.2, 0) is 9.53 Å². The highest BCUT2D eigenvalue weighted by Crippen LogP contribution is 2.24. The second kappa shape index (κ2) is 8.47. The van der Waals surface area contributed by atoms with Crippen LogP contribution in [0.1, 0.15) is 32.6 Å². The van der Waals surface area contributed by atoms with Crippen molar-refractivity contribution in [2.24, 2.45) is 11.8 Å². The van der Waals surface area contributed by atoms with E-state index in [0.717, 1.165) is 19.3 Å². The maximum absolute atomic E-state index is 12.0. The lowest BCUT2D eigenvalue weighted by molar-refractivity contribution is -0.148. The Bertz CT molecular complexity index is 376. The van der Waals surface area contributed by atoms with Crippen molar-refractivity contribution in [3.8, 4) is 12.3 Å². The van der Waals surface area contributed by atoms with Gasteiger partial charge in [0.15, 0.2) is 0 Å². The zero-order chi connectivity index (χ0) is 15.0. The molecule has 0 aromatic carbocycles. The average molecular weight is 280 g/mol. The maximum atomic E-state index is 12.0. The zero-order valence-electron chi connectivity index (χ0n) is 12.4. The first-order chi connectivity index (χ1) is 9.60. The summed E-state index contributed by atoms with van der Waals surface area (Å²) in [6, 6.07) is -0.0547. The summed E-state index contributed by atoms with van der Waals surface area (Å²) in [6.45, 7) is 3.82. The number of rotatable bonds is 5. The second-order valence-electron chi connectivity index (χ2n) is 5.23. The molecule has 1 fully saturated rings. The van der Waals surface area contributed by atoms with E-state index in [1.54, 1.807) is 4.90 Å². The van der Waals surface area contributed by atoms with Crippen molar-refractivity contribution < 1.29 is 14.3 Å². The van der Waals surface area contributed by atoms with Gasteiger partial charge in [0.25, 0.3) is 0 Å². The first-order valence-electron chi connectivity index (χ1n) is 7.14. The smallest absolute Gasteiger partial charge is 0.317 e. The van der Waals surface area contributed by atoms with E-state index in [4.69, 9.17) is 11.2 Å². The first kappa shape index (κ1) is 16.4. The summed E-state index contributed by atoms with van der Waals surface area (Å²) in [7, 11) is 1.41. The van der Waals surface area contributed by atoms with Crippen molar-refractivity contribution in [1.82, 2.24) is 10.2 Å². The zero-order valence-corrected chi connectivity index (χ0v) is 12.4. The van der Waals surface area contributed by atoms with Gasteiger partial charge in [0.05, 0.1) is 13.0 Å². The molecule has 1 heterocycles. The number of carbonyl (C=O) groups is 2. The molecular formula is C15H24N2O3. The fourth-order valence-corrected chi connectivity index (χ4v) is 2.49. The Labute approximate surface area is 121 Å². The minimum atomic E-state index is -0.174. The lowest BCUT2D eigenvalue weighted by Gasteiger charge is -2.35. The Hall–Kier alpha value is -1.70. The van der Waals surface area contributed by atoms with E-state index < -0.39 is 0 Å². The Balaban J connectivity index is 2.30. The van der Waals surface area contributed by atoms with Gasteiger partial charge in [-0.2, -0.15) is 0 Å². The summed E-state index contributed by atoms with van der Waals surface area (Å²) in [4.78, 5) is 25.3. The van der Waals surface area contributed by atoms with E-state index in [-0.39, 0.29) is 23.8 Å². The number of unbranched alkanes of at least 4 members (excludes halogenated alkanes) is 2. The molecule has 2 atom stereocenters. The molecule has 5 heteroatoms. The first-order valence-corrected chi connectivity index (χ1v) is 7.14. The van der Waals surface area contributed by atoms with Gasteiger partial charge in [0, 0.05) is 26.1 Å². The number of terminal acetylenes is 1. The SMILES string of the molecule is C#CCCCCNC(=O)N1CC[C@H](C(=O)OC)[C@@H](C)C1. The number of amides is 2. The summed E-state index contributed by atoms with van der Waals surface area (Å²) in [5.41, 5.74) is 0. The van der Waals surface area contributed by atoms with Gasteiger partial charge in [-0.3, -0.25) is 4.79 Å². The quantitative estimate of drug-likeness (QED) is 0.473. The number of carbonyl (C=O) groups excluding carboxylic acids is 2. The van der Waals surface area contributed by atoms with Crippen LogP contribution in [-0.4, -0.2) is 43.6 Å². The van der Waals surface area contributed by atoms with Crippen LogP contribution in [0.15, 0.2) is 0 Å². The molecule has 0 bridgehead atoms. The van der Waals surface area contributed by atoms with E-state index in [2.05, 4.69) is 11.2 Å². The molecule has 112 valence electrons. The van der Waals surface area contributed by atoms with Gasteiger partial charge in [-0.25, -0.2) is 4.79 Å². The van der Waals surface area contributed by atoms with Crippen LogP contribution in [0.25, 0.3) is 0 Å². The Kier molecular flexibility index (Phi) is 6.92. The molecule has 1 saturated heterocycles. The molecule has 1 rings (SSSR count). The van der Waals surface area contributed by atoms with Gasteiger partial charge < -0.3 is 15.0 Å². The van der Waals surface area contributed by atoms with Crippen molar-refractivity contribution in [1.29, 1.82) is 0 Å². The van der Waals surface area contributed by atoms with Crippen molar-refractivity contribution in [2.75, 3.05) is 26.7 Å². The van der Waals surface area contributed by atoms with Crippen molar-refractivity contribution in [3.63, 3.8) is 0 Å². The van der Waals surface area contributed by atoms with Crippen LogP contribution in [0.2, 0.25) is 0 Å². The van der Waals surface area contributed by atoms with Crippen LogP contribution < -0.4 is 5.32 Å². The molecule has 0 aromatic rings. The van der Waals surface area contributed by atoms with E-state index >= 15 is 0 Å². The molecule has 0 aromatic heterocycles. The number of urea groups is 1. The molecule has 0 aliphatic carbocycles. The largest absolute Gasteiger partial charge is 0.469 e. The van der Waals surface area contributed by atoms with Gasteiger partial charge in [-0.05, 0) is 25.2 Å². The Morgan fingerprint density at radius 1 is 1.45 bits per heavy atom. The second-order valence-corrected chi connectivity index (χ2v) is 5.23. The molecule has 1 aliphatic rings. The summed E-state index contributed by atoms with van der Waals surface area (Å²) < 4.78 is 4.78. The van der Waals surface area contributed by atoms with Crippen LogP contribution >= 0.6 is 0 Å². The minimum Gasteiger partial charge on any atom is -0.469 e. The topological polar surface area (TPSA) is 58.6 Å². The molecule has 0 saturated carbocycles. The molecule has 1 aliphatic heterocycles. The molecule has 1 N–H and O–H groups in total. The monoisotopic (exact) mass is 280 g/mol. The third-order valence-electron chi connectivity index (χ3n) is 3.72. The molecule has 0 radical (unpaired) electrons. The molecule has 20 heavy (non-hydrogen) atoms. The van der Waals surface area contributed by atoms with Crippen molar-refractivity contribution in [3.05, 3.63) is 0 Å².